The maximum absolute atomic E-state index is 10.3. The molecule has 2 rings (SSSR count). The summed E-state index contributed by atoms with van der Waals surface area (Å²) in [4.78, 5) is 12.2. The Morgan fingerprint density at radius 1 is 1.21 bits per heavy atom. The molecule has 1 atom stereocenters. The number of aliphatic hydroxyl groups excluding tert-OH is 1. The van der Waals surface area contributed by atoms with Crippen molar-refractivity contribution in [2.45, 2.75) is 6.10 Å². The third-order valence-electron chi connectivity index (χ3n) is 2.45. The van der Waals surface area contributed by atoms with Crippen LogP contribution < -0.4 is 9.47 Å². The van der Waals surface area contributed by atoms with Crippen molar-refractivity contribution in [3.8, 4) is 11.8 Å². The molecule has 0 aliphatic rings. The molecule has 0 amide bonds. The first-order valence-corrected chi connectivity index (χ1v) is 5.78. The van der Waals surface area contributed by atoms with Gasteiger partial charge in [-0.3, -0.25) is 4.98 Å². The third-order valence-corrected chi connectivity index (χ3v) is 2.77. The molecule has 0 aromatic carbocycles. The summed E-state index contributed by atoms with van der Waals surface area (Å²) in [5.41, 5.74) is 0.519. The number of pyridine rings is 1. The number of hydrogen-bond donors (Lipinski definition) is 1. The van der Waals surface area contributed by atoms with Gasteiger partial charge in [0.15, 0.2) is 0 Å². The van der Waals surface area contributed by atoms with Crippen LogP contribution in [0.3, 0.4) is 0 Å². The highest BCUT2D eigenvalue weighted by atomic mass is 35.5. The quantitative estimate of drug-likeness (QED) is 0.918. The summed E-state index contributed by atoms with van der Waals surface area (Å²) >= 11 is 5.99. The molecule has 0 radical (unpaired) electrons. The van der Waals surface area contributed by atoms with Crippen LogP contribution in [0, 0.1) is 0 Å². The predicted octanol–water partition coefficient (Wildman–Crippen LogP) is 1.62. The number of ether oxygens (including phenoxy) is 2. The van der Waals surface area contributed by atoms with E-state index in [0.29, 0.717) is 16.6 Å². The second-order valence-electron chi connectivity index (χ2n) is 3.58. The lowest BCUT2D eigenvalue weighted by atomic mass is 10.1. The van der Waals surface area contributed by atoms with Crippen LogP contribution in [0.1, 0.15) is 17.5 Å². The Morgan fingerprint density at radius 2 is 2.00 bits per heavy atom. The van der Waals surface area contributed by atoms with E-state index in [-0.39, 0.29) is 11.6 Å². The van der Waals surface area contributed by atoms with Crippen LogP contribution in [-0.2, 0) is 0 Å². The SMILES string of the molecule is COc1cnc(C(O)c2ncccc2Cl)c(OC)n1. The number of rotatable bonds is 4. The summed E-state index contributed by atoms with van der Waals surface area (Å²) in [6, 6.07) is 3.31. The molecule has 2 aromatic rings. The molecular formula is C12H12ClN3O3. The summed E-state index contributed by atoms with van der Waals surface area (Å²) < 4.78 is 10.0. The Kier molecular flexibility index (Phi) is 4.13. The topological polar surface area (TPSA) is 77.4 Å². The van der Waals surface area contributed by atoms with Gasteiger partial charge in [0.2, 0.25) is 11.8 Å². The zero-order chi connectivity index (χ0) is 13.8. The van der Waals surface area contributed by atoms with Crippen molar-refractivity contribution >= 4 is 11.6 Å². The standard InChI is InChI=1S/C12H12ClN3O3/c1-18-8-6-15-10(12(16-8)19-2)11(17)9-7(13)4-3-5-14-9/h3-6,11,17H,1-2H3. The van der Waals surface area contributed by atoms with Crippen molar-refractivity contribution in [3.63, 3.8) is 0 Å². The number of aromatic nitrogens is 3. The average molecular weight is 282 g/mol. The van der Waals surface area contributed by atoms with Crippen molar-refractivity contribution < 1.29 is 14.6 Å². The maximum atomic E-state index is 10.3. The van der Waals surface area contributed by atoms with Crippen LogP contribution in [0.4, 0.5) is 0 Å². The van der Waals surface area contributed by atoms with Gasteiger partial charge in [-0.15, -0.1) is 0 Å². The van der Waals surface area contributed by atoms with Crippen molar-refractivity contribution in [1.29, 1.82) is 0 Å². The van der Waals surface area contributed by atoms with Crippen molar-refractivity contribution in [2.24, 2.45) is 0 Å². The lowest BCUT2D eigenvalue weighted by molar-refractivity contribution is 0.202. The summed E-state index contributed by atoms with van der Waals surface area (Å²) in [5.74, 6) is 0.452. The minimum atomic E-state index is -1.12. The predicted molar refractivity (Wildman–Crippen MR) is 68.4 cm³/mol. The highest BCUT2D eigenvalue weighted by Crippen LogP contribution is 2.30. The van der Waals surface area contributed by atoms with E-state index < -0.39 is 6.10 Å². The molecule has 0 aliphatic heterocycles. The largest absolute Gasteiger partial charge is 0.480 e. The molecule has 100 valence electrons. The fourth-order valence-corrected chi connectivity index (χ4v) is 1.76. The molecule has 6 nitrogen and oxygen atoms in total. The van der Waals surface area contributed by atoms with Crippen LogP contribution >= 0.6 is 11.6 Å². The van der Waals surface area contributed by atoms with E-state index >= 15 is 0 Å². The van der Waals surface area contributed by atoms with Crippen LogP contribution in [-0.4, -0.2) is 34.3 Å². The van der Waals surface area contributed by atoms with E-state index in [9.17, 15) is 5.11 Å². The zero-order valence-corrected chi connectivity index (χ0v) is 11.1. The summed E-state index contributed by atoms with van der Waals surface area (Å²) in [6.07, 6.45) is 1.80. The Labute approximate surface area is 115 Å². The molecule has 2 aromatic heterocycles. The fourth-order valence-electron chi connectivity index (χ4n) is 1.53. The first-order chi connectivity index (χ1) is 9.17. The number of halogens is 1. The molecule has 2 heterocycles. The van der Waals surface area contributed by atoms with E-state index in [1.165, 1.54) is 26.6 Å². The van der Waals surface area contributed by atoms with Gasteiger partial charge >= 0.3 is 0 Å². The van der Waals surface area contributed by atoms with Gasteiger partial charge < -0.3 is 14.6 Å². The van der Waals surface area contributed by atoms with Crippen LogP contribution in [0.5, 0.6) is 11.8 Å². The molecular weight excluding hydrogens is 270 g/mol. The number of hydrogen-bond acceptors (Lipinski definition) is 6. The van der Waals surface area contributed by atoms with Crippen molar-refractivity contribution in [2.75, 3.05) is 14.2 Å². The van der Waals surface area contributed by atoms with Crippen LogP contribution in [0.15, 0.2) is 24.5 Å². The fraction of sp³-hybridized carbons (Fsp3) is 0.250. The number of aliphatic hydroxyl groups is 1. The maximum Gasteiger partial charge on any atom is 0.241 e. The third kappa shape index (κ3) is 2.74. The van der Waals surface area contributed by atoms with E-state index in [2.05, 4.69) is 15.0 Å². The van der Waals surface area contributed by atoms with E-state index in [1.54, 1.807) is 12.1 Å². The molecule has 1 N–H and O–H groups in total. The van der Waals surface area contributed by atoms with Gasteiger partial charge in [-0.1, -0.05) is 11.6 Å². The lowest BCUT2D eigenvalue weighted by Crippen LogP contribution is -2.09. The van der Waals surface area contributed by atoms with Gasteiger partial charge in [-0.05, 0) is 12.1 Å². The van der Waals surface area contributed by atoms with Gasteiger partial charge in [0.05, 0.1) is 31.1 Å². The Hall–Kier alpha value is -1.92. The molecule has 1 unspecified atom stereocenters. The van der Waals surface area contributed by atoms with Gasteiger partial charge in [0, 0.05) is 6.20 Å². The summed E-state index contributed by atoms with van der Waals surface area (Å²) in [7, 11) is 2.90. The average Bonchev–Trinajstić information content (AvgIpc) is 2.46. The Bertz CT molecular complexity index is 580. The van der Waals surface area contributed by atoms with Crippen molar-refractivity contribution in [1.82, 2.24) is 15.0 Å². The number of methoxy groups -OCH3 is 2. The summed E-state index contributed by atoms with van der Waals surface area (Å²) in [6.45, 7) is 0. The van der Waals surface area contributed by atoms with E-state index in [1.807, 2.05) is 0 Å². The molecule has 7 heteroatoms. The Morgan fingerprint density at radius 3 is 2.63 bits per heavy atom. The first kappa shape index (κ1) is 13.5. The smallest absolute Gasteiger partial charge is 0.241 e. The molecule has 19 heavy (non-hydrogen) atoms. The first-order valence-electron chi connectivity index (χ1n) is 5.40. The molecule has 0 saturated heterocycles. The molecule has 0 aliphatic carbocycles. The highest BCUT2D eigenvalue weighted by Gasteiger charge is 2.22. The van der Waals surface area contributed by atoms with Gasteiger partial charge in [-0.25, -0.2) is 4.98 Å². The van der Waals surface area contributed by atoms with Crippen LogP contribution in [0.25, 0.3) is 0 Å². The zero-order valence-electron chi connectivity index (χ0n) is 10.4. The van der Waals surface area contributed by atoms with E-state index in [0.717, 1.165) is 0 Å². The lowest BCUT2D eigenvalue weighted by Gasteiger charge is -2.13. The minimum absolute atomic E-state index is 0.161. The normalized spacial score (nSPS) is 12.0. The van der Waals surface area contributed by atoms with E-state index in [4.69, 9.17) is 21.1 Å². The molecule has 0 saturated carbocycles. The van der Waals surface area contributed by atoms with Gasteiger partial charge in [0.1, 0.15) is 11.8 Å². The number of nitrogens with zero attached hydrogens (tertiary/aromatic N) is 3. The molecule has 0 fully saturated rings. The van der Waals surface area contributed by atoms with Crippen molar-refractivity contribution in [3.05, 3.63) is 40.9 Å². The second kappa shape index (κ2) is 5.81. The van der Waals surface area contributed by atoms with Gasteiger partial charge in [-0.2, -0.15) is 4.98 Å². The molecule has 0 bridgehead atoms. The second-order valence-corrected chi connectivity index (χ2v) is 3.99. The molecule has 0 spiro atoms. The van der Waals surface area contributed by atoms with Crippen LogP contribution in [0.2, 0.25) is 5.02 Å². The summed E-state index contributed by atoms with van der Waals surface area (Å²) in [5, 5.41) is 10.6. The highest BCUT2D eigenvalue weighted by molar-refractivity contribution is 6.31. The Balaban J connectivity index is 2.44. The monoisotopic (exact) mass is 281 g/mol. The minimum Gasteiger partial charge on any atom is -0.480 e. The van der Waals surface area contributed by atoms with Gasteiger partial charge in [0.25, 0.3) is 0 Å².